The van der Waals surface area contributed by atoms with Gasteiger partial charge in [-0.05, 0) is 48.7 Å². The van der Waals surface area contributed by atoms with Crippen molar-refractivity contribution < 1.29 is 12.6 Å². The molecule has 0 aliphatic heterocycles. The summed E-state index contributed by atoms with van der Waals surface area (Å²) in [6.07, 6.45) is 3.60. The van der Waals surface area contributed by atoms with Crippen molar-refractivity contribution in [2.45, 2.75) is 18.9 Å². The van der Waals surface area contributed by atoms with Gasteiger partial charge in [0.15, 0.2) is 0 Å². The Morgan fingerprint density at radius 1 is 1.09 bits per heavy atom. The first-order valence-corrected chi connectivity index (χ1v) is 15.8. The SMILES string of the molecule is CSNc1cccc(S(=O)(=O)N=S(=O)(c2cccc(Br)c2)c2cc(C(=N)N)sc2SC)c1. The number of rotatable bonds is 8. The number of nitrogens with two attached hydrogens (primary N) is 1. The number of benzene rings is 2. The number of halogens is 1. The van der Waals surface area contributed by atoms with Gasteiger partial charge in [-0.3, -0.25) is 5.41 Å². The van der Waals surface area contributed by atoms with Gasteiger partial charge in [-0.2, -0.15) is 8.42 Å². The molecule has 0 bridgehead atoms. The molecule has 170 valence electrons. The second-order valence-electron chi connectivity index (χ2n) is 6.25. The average molecular weight is 592 g/mol. The van der Waals surface area contributed by atoms with Gasteiger partial charge in [0.2, 0.25) is 0 Å². The minimum atomic E-state index is -4.31. The first-order valence-electron chi connectivity index (χ1n) is 8.81. The molecule has 1 heterocycles. The van der Waals surface area contributed by atoms with Crippen LogP contribution in [0.15, 0.2) is 81.7 Å². The monoisotopic (exact) mass is 590 g/mol. The number of anilines is 1. The Kier molecular flexibility index (Phi) is 7.99. The molecule has 0 aliphatic rings. The predicted molar refractivity (Wildman–Crippen MR) is 139 cm³/mol. The van der Waals surface area contributed by atoms with Crippen LogP contribution in [0.1, 0.15) is 4.88 Å². The van der Waals surface area contributed by atoms with Crippen molar-refractivity contribution in [3.8, 4) is 0 Å². The maximum Gasteiger partial charge on any atom is 0.290 e. The Morgan fingerprint density at radius 3 is 2.41 bits per heavy atom. The molecule has 7 nitrogen and oxygen atoms in total. The molecule has 0 spiro atoms. The summed E-state index contributed by atoms with van der Waals surface area (Å²) in [6, 6.07) is 14.2. The quantitative estimate of drug-likeness (QED) is 0.137. The molecule has 32 heavy (non-hydrogen) atoms. The number of sulfonamides is 1. The van der Waals surface area contributed by atoms with Gasteiger partial charge < -0.3 is 10.5 Å². The zero-order chi connectivity index (χ0) is 23.5. The van der Waals surface area contributed by atoms with E-state index in [-0.39, 0.29) is 20.5 Å². The largest absolute Gasteiger partial charge is 0.383 e. The molecule has 0 aliphatic carbocycles. The van der Waals surface area contributed by atoms with E-state index in [4.69, 9.17) is 11.1 Å². The number of hydrogen-bond donors (Lipinski definition) is 3. The van der Waals surface area contributed by atoms with Gasteiger partial charge in [0.25, 0.3) is 10.0 Å². The Bertz CT molecular complexity index is 1400. The van der Waals surface area contributed by atoms with E-state index in [9.17, 15) is 12.6 Å². The summed E-state index contributed by atoms with van der Waals surface area (Å²) < 4.78 is 49.3. The first-order chi connectivity index (χ1) is 15.1. The lowest BCUT2D eigenvalue weighted by molar-refractivity contribution is 0.598. The summed E-state index contributed by atoms with van der Waals surface area (Å²) in [4.78, 5) is 0.773. The van der Waals surface area contributed by atoms with Crippen molar-refractivity contribution in [1.29, 1.82) is 5.41 Å². The highest BCUT2D eigenvalue weighted by Crippen LogP contribution is 2.39. The summed E-state index contributed by atoms with van der Waals surface area (Å²) in [6.45, 7) is 0. The van der Waals surface area contributed by atoms with Crippen molar-refractivity contribution >= 4 is 82.3 Å². The van der Waals surface area contributed by atoms with Crippen LogP contribution >= 0.6 is 51.0 Å². The van der Waals surface area contributed by atoms with Crippen LogP contribution in [0.5, 0.6) is 0 Å². The molecule has 0 amide bonds. The highest BCUT2D eigenvalue weighted by Gasteiger charge is 2.28. The van der Waals surface area contributed by atoms with Crippen LogP contribution in [0.25, 0.3) is 0 Å². The van der Waals surface area contributed by atoms with Gasteiger partial charge in [0.1, 0.15) is 15.6 Å². The number of amidine groups is 1. The maximum atomic E-state index is 14.5. The van der Waals surface area contributed by atoms with Crippen molar-refractivity contribution in [2.24, 2.45) is 9.50 Å². The van der Waals surface area contributed by atoms with E-state index < -0.39 is 19.8 Å². The van der Waals surface area contributed by atoms with Crippen molar-refractivity contribution in [2.75, 3.05) is 17.2 Å². The second-order valence-corrected chi connectivity index (χ2v) is 13.9. The Balaban J connectivity index is 2.34. The van der Waals surface area contributed by atoms with Gasteiger partial charge >= 0.3 is 0 Å². The summed E-state index contributed by atoms with van der Waals surface area (Å²) in [5, 5.41) is 7.76. The lowest BCUT2D eigenvalue weighted by Gasteiger charge is -2.12. The van der Waals surface area contributed by atoms with Crippen LogP contribution in [0, 0.1) is 5.41 Å². The zero-order valence-electron chi connectivity index (χ0n) is 16.9. The van der Waals surface area contributed by atoms with Gasteiger partial charge in [-0.15, -0.1) is 23.1 Å². The van der Waals surface area contributed by atoms with Crippen molar-refractivity contribution in [1.82, 2.24) is 0 Å². The normalized spacial score (nSPS) is 13.3. The highest BCUT2D eigenvalue weighted by molar-refractivity contribution is 9.10. The Morgan fingerprint density at radius 2 is 1.78 bits per heavy atom. The molecular formula is C19H19BrN4O3S5. The minimum Gasteiger partial charge on any atom is -0.383 e. The molecule has 1 unspecified atom stereocenters. The van der Waals surface area contributed by atoms with Gasteiger partial charge in [-0.25, -0.2) is 4.21 Å². The lowest BCUT2D eigenvalue weighted by atomic mass is 10.3. The third kappa shape index (κ3) is 5.34. The van der Waals surface area contributed by atoms with E-state index in [1.165, 1.54) is 53.2 Å². The fraction of sp³-hybridized carbons (Fsp3) is 0.105. The van der Waals surface area contributed by atoms with E-state index in [0.29, 0.717) is 19.2 Å². The maximum absolute atomic E-state index is 14.5. The van der Waals surface area contributed by atoms with Crippen LogP contribution in [0.4, 0.5) is 5.69 Å². The van der Waals surface area contributed by atoms with Crippen LogP contribution in [0.3, 0.4) is 0 Å². The van der Waals surface area contributed by atoms with Gasteiger partial charge in [0.05, 0.1) is 23.8 Å². The predicted octanol–water partition coefficient (Wildman–Crippen LogP) is 5.48. The molecule has 3 rings (SSSR count). The topological polar surface area (TPSA) is 125 Å². The van der Waals surface area contributed by atoms with Gasteiger partial charge in [0, 0.05) is 16.4 Å². The smallest absolute Gasteiger partial charge is 0.290 e. The molecule has 0 fully saturated rings. The molecule has 1 atom stereocenters. The van der Waals surface area contributed by atoms with E-state index in [1.807, 2.05) is 6.26 Å². The Hall–Kier alpha value is -1.51. The molecule has 1 aromatic heterocycles. The fourth-order valence-corrected chi connectivity index (χ4v) is 10.2. The second kappa shape index (κ2) is 10.2. The Labute approximate surface area is 208 Å². The molecule has 4 N–H and O–H groups in total. The van der Waals surface area contributed by atoms with Crippen LogP contribution in [-0.4, -0.2) is 31.0 Å². The molecule has 13 heteroatoms. The standard InChI is InChI=1S/C19H19BrN4O3S5/c1-28-19-17(11-16(30-19)18(21)22)31(25,14-7-3-5-12(20)9-14)24-32(26,27)15-8-4-6-13(10-15)23-29-2/h3-11,23H,1-2H3,(H3,21,22). The first kappa shape index (κ1) is 25.1. The molecular weight excluding hydrogens is 572 g/mol. The van der Waals surface area contributed by atoms with Crippen molar-refractivity contribution in [3.63, 3.8) is 0 Å². The van der Waals surface area contributed by atoms with E-state index >= 15 is 0 Å². The van der Waals surface area contributed by atoms with E-state index in [0.717, 1.165) is 0 Å². The molecule has 0 saturated carbocycles. The van der Waals surface area contributed by atoms with E-state index in [1.54, 1.807) is 42.7 Å². The van der Waals surface area contributed by atoms with Crippen LogP contribution in [0.2, 0.25) is 0 Å². The number of hydrogen-bond acceptors (Lipinski definition) is 8. The number of nitrogens with zero attached hydrogens (tertiary/aromatic N) is 1. The molecule has 3 aromatic rings. The number of nitrogens with one attached hydrogen (secondary N) is 2. The molecule has 0 radical (unpaired) electrons. The lowest BCUT2D eigenvalue weighted by Crippen LogP contribution is -2.10. The highest BCUT2D eigenvalue weighted by atomic mass is 79.9. The number of thiophene rings is 1. The minimum absolute atomic E-state index is 0.0769. The summed E-state index contributed by atoms with van der Waals surface area (Å²) in [5.41, 5.74) is 6.23. The number of nitrogen functional groups attached to an aromatic ring is 1. The summed E-state index contributed by atoms with van der Waals surface area (Å²) in [7, 11) is -7.95. The van der Waals surface area contributed by atoms with Crippen molar-refractivity contribution in [3.05, 3.63) is 63.9 Å². The third-order valence-electron chi connectivity index (χ3n) is 4.09. The number of thioether (sulfide) groups is 1. The van der Waals surface area contributed by atoms with Crippen LogP contribution in [-0.2, 0) is 19.8 Å². The van der Waals surface area contributed by atoms with Crippen LogP contribution < -0.4 is 10.5 Å². The summed E-state index contributed by atoms with van der Waals surface area (Å²) >= 11 is 7.16. The molecule has 0 saturated heterocycles. The molecule has 2 aromatic carbocycles. The summed E-state index contributed by atoms with van der Waals surface area (Å²) in [5.74, 6) is -0.189. The average Bonchev–Trinajstić information content (AvgIpc) is 3.19. The van der Waals surface area contributed by atoms with Gasteiger partial charge in [-0.1, -0.05) is 43.8 Å². The zero-order valence-corrected chi connectivity index (χ0v) is 22.5. The third-order valence-corrected chi connectivity index (χ3v) is 11.9. The van der Waals surface area contributed by atoms with E-state index in [2.05, 4.69) is 24.4 Å². The fourth-order valence-electron chi connectivity index (χ4n) is 2.69.